The summed E-state index contributed by atoms with van der Waals surface area (Å²) < 4.78 is 101. The Labute approximate surface area is 201 Å². The van der Waals surface area contributed by atoms with E-state index in [1.807, 2.05) is 6.07 Å². The predicted octanol–water partition coefficient (Wildman–Crippen LogP) is 4.67. The van der Waals surface area contributed by atoms with Crippen molar-refractivity contribution in [2.45, 2.75) is 49.9 Å². The zero-order valence-corrected chi connectivity index (χ0v) is 20.4. The van der Waals surface area contributed by atoms with E-state index in [9.17, 15) is 35.2 Å². The summed E-state index contributed by atoms with van der Waals surface area (Å²) in [5.74, 6) is -7.04. The average Bonchev–Trinajstić information content (AvgIpc) is 3.21. The molecule has 0 aliphatic rings. The number of carbonyl (C=O) groups is 1. The van der Waals surface area contributed by atoms with Gasteiger partial charge in [-0.05, 0) is 25.5 Å². The SMILES string of the molecule is CCS(=O)(=O)c1cc(OC(C)(C)C#N)cnc1NCc1cc(C(F)(F)C(F)(F)F)sc1C(=O)OC. The minimum Gasteiger partial charge on any atom is -0.471 e. The van der Waals surface area contributed by atoms with Crippen LogP contribution < -0.4 is 10.1 Å². The van der Waals surface area contributed by atoms with Crippen LogP contribution in [0.5, 0.6) is 5.75 Å². The topological polar surface area (TPSA) is 118 Å². The molecule has 0 saturated carbocycles. The van der Waals surface area contributed by atoms with Gasteiger partial charge in [-0.3, -0.25) is 0 Å². The standard InChI is InChI=1S/C20H20F5N3O5S2/c1-5-35(30,31)13-7-12(33-18(2,3)10-26)9-28-16(13)27-8-11-6-14(19(21,22)20(23,24)25)34-15(11)17(29)32-4/h6-7,9H,5,8H2,1-4H3,(H,27,28). The summed E-state index contributed by atoms with van der Waals surface area (Å²) in [6.07, 6.45) is -4.79. The summed E-state index contributed by atoms with van der Waals surface area (Å²) in [6.45, 7) is 3.70. The van der Waals surface area contributed by atoms with Crippen LogP contribution in [0.15, 0.2) is 23.2 Å². The third-order valence-electron chi connectivity index (χ3n) is 4.48. The fourth-order valence-corrected chi connectivity index (χ4v) is 4.74. The van der Waals surface area contributed by atoms with Crippen molar-refractivity contribution < 1.29 is 44.6 Å². The maximum Gasteiger partial charge on any atom is 0.458 e. The van der Waals surface area contributed by atoms with Crippen molar-refractivity contribution in [3.63, 3.8) is 0 Å². The number of nitrogens with zero attached hydrogens (tertiary/aromatic N) is 2. The van der Waals surface area contributed by atoms with Crippen LogP contribution in [-0.2, 0) is 27.0 Å². The molecule has 0 unspecified atom stereocenters. The molecule has 0 aromatic carbocycles. The first kappa shape index (κ1) is 28.2. The van der Waals surface area contributed by atoms with E-state index in [1.54, 1.807) is 0 Å². The lowest BCUT2D eigenvalue weighted by molar-refractivity contribution is -0.287. The monoisotopic (exact) mass is 541 g/mol. The molecule has 192 valence electrons. The fourth-order valence-electron chi connectivity index (χ4n) is 2.62. The maximum absolute atomic E-state index is 13.8. The Morgan fingerprint density at radius 3 is 2.37 bits per heavy atom. The number of ether oxygens (including phenoxy) is 2. The van der Waals surface area contributed by atoms with E-state index in [0.29, 0.717) is 6.07 Å². The van der Waals surface area contributed by atoms with Crippen molar-refractivity contribution >= 4 is 33.0 Å². The summed E-state index contributed by atoms with van der Waals surface area (Å²) in [7, 11) is -3.01. The van der Waals surface area contributed by atoms with Gasteiger partial charge in [0, 0.05) is 12.6 Å². The zero-order valence-electron chi connectivity index (χ0n) is 18.8. The molecule has 8 nitrogen and oxygen atoms in total. The summed E-state index contributed by atoms with van der Waals surface area (Å²) in [4.78, 5) is 13.6. The largest absolute Gasteiger partial charge is 0.471 e. The van der Waals surface area contributed by atoms with E-state index >= 15 is 0 Å². The smallest absolute Gasteiger partial charge is 0.458 e. The normalized spacial score (nSPS) is 12.7. The van der Waals surface area contributed by atoms with E-state index in [2.05, 4.69) is 15.0 Å². The highest BCUT2D eigenvalue weighted by Crippen LogP contribution is 2.47. The number of nitriles is 1. The van der Waals surface area contributed by atoms with E-state index in [-0.39, 0.29) is 39.1 Å². The second-order valence-electron chi connectivity index (χ2n) is 7.53. The van der Waals surface area contributed by atoms with E-state index in [1.165, 1.54) is 20.8 Å². The lowest BCUT2D eigenvalue weighted by Gasteiger charge is -2.19. The third kappa shape index (κ3) is 6.17. The van der Waals surface area contributed by atoms with Gasteiger partial charge in [-0.15, -0.1) is 11.3 Å². The van der Waals surface area contributed by atoms with Crippen molar-refractivity contribution in [1.29, 1.82) is 5.26 Å². The molecular weight excluding hydrogens is 521 g/mol. The number of halogens is 5. The highest BCUT2D eigenvalue weighted by atomic mass is 32.2. The molecule has 0 aliphatic heterocycles. The zero-order chi connectivity index (χ0) is 26.8. The number of anilines is 1. The Morgan fingerprint density at radius 2 is 1.86 bits per heavy atom. The van der Waals surface area contributed by atoms with Gasteiger partial charge in [0.05, 0.1) is 23.9 Å². The first-order valence-electron chi connectivity index (χ1n) is 9.72. The van der Waals surface area contributed by atoms with Crippen LogP contribution in [0.4, 0.5) is 27.8 Å². The number of hydrogen-bond acceptors (Lipinski definition) is 9. The molecule has 0 aliphatic carbocycles. The molecule has 0 radical (unpaired) electrons. The van der Waals surface area contributed by atoms with Crippen molar-refractivity contribution in [3.05, 3.63) is 33.6 Å². The van der Waals surface area contributed by atoms with Gasteiger partial charge in [-0.2, -0.15) is 27.2 Å². The second-order valence-corrected chi connectivity index (χ2v) is 10.8. The number of carbonyl (C=O) groups excluding carboxylic acids is 1. The highest BCUT2D eigenvalue weighted by molar-refractivity contribution is 7.91. The lowest BCUT2D eigenvalue weighted by atomic mass is 10.2. The number of pyridine rings is 1. The molecule has 0 fully saturated rings. The number of alkyl halides is 5. The van der Waals surface area contributed by atoms with Gasteiger partial charge in [0.2, 0.25) is 0 Å². The molecule has 0 atom stereocenters. The van der Waals surface area contributed by atoms with Gasteiger partial charge in [0.1, 0.15) is 27.4 Å². The Hall–Kier alpha value is -2.99. The van der Waals surface area contributed by atoms with Crippen LogP contribution in [0.3, 0.4) is 0 Å². The van der Waals surface area contributed by atoms with Crippen LogP contribution in [0.2, 0.25) is 0 Å². The summed E-state index contributed by atoms with van der Waals surface area (Å²) in [6, 6.07) is 3.47. The van der Waals surface area contributed by atoms with Gasteiger partial charge in [-0.1, -0.05) is 6.92 Å². The summed E-state index contributed by atoms with van der Waals surface area (Å²) in [5.41, 5.74) is -1.59. The molecule has 0 amide bonds. The minimum atomic E-state index is -5.90. The molecule has 0 bridgehead atoms. The van der Waals surface area contributed by atoms with Crippen molar-refractivity contribution in [3.8, 4) is 11.8 Å². The summed E-state index contributed by atoms with van der Waals surface area (Å²) >= 11 is -0.0871. The number of esters is 1. The fraction of sp³-hybridized carbons (Fsp3) is 0.450. The van der Waals surface area contributed by atoms with Crippen molar-refractivity contribution in [2.75, 3.05) is 18.2 Å². The van der Waals surface area contributed by atoms with Crippen LogP contribution in [0, 0.1) is 11.3 Å². The quantitative estimate of drug-likeness (QED) is 0.360. The van der Waals surface area contributed by atoms with Gasteiger partial charge < -0.3 is 14.8 Å². The number of methoxy groups -OCH3 is 1. The van der Waals surface area contributed by atoms with Crippen molar-refractivity contribution in [1.82, 2.24) is 4.98 Å². The molecule has 2 heterocycles. The molecule has 15 heteroatoms. The number of nitrogens with one attached hydrogen (secondary N) is 1. The molecule has 0 spiro atoms. The molecule has 1 N–H and O–H groups in total. The van der Waals surface area contributed by atoms with E-state index < -0.39 is 49.8 Å². The molecule has 2 rings (SSSR count). The van der Waals surface area contributed by atoms with Gasteiger partial charge in [-0.25, -0.2) is 18.2 Å². The minimum absolute atomic E-state index is 0.0491. The second kappa shape index (κ2) is 9.94. The van der Waals surface area contributed by atoms with E-state index in [4.69, 9.17) is 10.00 Å². The van der Waals surface area contributed by atoms with Crippen LogP contribution >= 0.6 is 11.3 Å². The average molecular weight is 542 g/mol. The van der Waals surface area contributed by atoms with Crippen LogP contribution in [-0.4, -0.2) is 44.0 Å². The predicted molar refractivity (Wildman–Crippen MR) is 115 cm³/mol. The molecule has 0 saturated heterocycles. The first-order valence-corrected chi connectivity index (χ1v) is 12.2. The number of aromatic nitrogens is 1. The first-order chi connectivity index (χ1) is 16.0. The lowest BCUT2D eigenvalue weighted by Crippen LogP contribution is -2.32. The highest BCUT2D eigenvalue weighted by Gasteiger charge is 2.60. The Kier molecular flexibility index (Phi) is 8.02. The van der Waals surface area contributed by atoms with Crippen LogP contribution in [0.1, 0.15) is 40.9 Å². The van der Waals surface area contributed by atoms with Gasteiger partial charge in [0.25, 0.3) is 0 Å². The van der Waals surface area contributed by atoms with Crippen LogP contribution in [0.25, 0.3) is 0 Å². The molecular formula is C20H20F5N3O5S2. The number of sulfone groups is 1. The summed E-state index contributed by atoms with van der Waals surface area (Å²) in [5, 5.41) is 11.7. The number of thiophene rings is 1. The Morgan fingerprint density at radius 1 is 1.23 bits per heavy atom. The molecule has 2 aromatic heterocycles. The number of hydrogen-bond donors (Lipinski definition) is 1. The Bertz CT molecular complexity index is 1250. The van der Waals surface area contributed by atoms with Crippen molar-refractivity contribution in [2.24, 2.45) is 0 Å². The van der Waals surface area contributed by atoms with E-state index in [0.717, 1.165) is 19.4 Å². The Balaban J connectivity index is 2.49. The number of rotatable bonds is 9. The molecule has 35 heavy (non-hydrogen) atoms. The van der Waals surface area contributed by atoms with Gasteiger partial charge in [0.15, 0.2) is 15.4 Å². The maximum atomic E-state index is 13.8. The molecule has 2 aromatic rings. The van der Waals surface area contributed by atoms with Gasteiger partial charge >= 0.3 is 18.1 Å². The third-order valence-corrected chi connectivity index (χ3v) is 7.45.